The summed E-state index contributed by atoms with van der Waals surface area (Å²) in [6, 6.07) is 15.2. The zero-order valence-electron chi connectivity index (χ0n) is 12.6. The molecule has 4 nitrogen and oxygen atoms in total. The van der Waals surface area contributed by atoms with E-state index >= 15 is 0 Å². The van der Waals surface area contributed by atoms with Crippen LogP contribution in [-0.2, 0) is 9.53 Å². The van der Waals surface area contributed by atoms with Gasteiger partial charge in [0.2, 0.25) is 5.91 Å². The molecule has 0 N–H and O–H groups in total. The van der Waals surface area contributed by atoms with Gasteiger partial charge in [0, 0.05) is 0 Å². The van der Waals surface area contributed by atoms with Gasteiger partial charge in [-0.15, -0.1) is 0 Å². The van der Waals surface area contributed by atoms with Crippen molar-refractivity contribution in [3.8, 4) is 0 Å². The molecule has 112 valence electrons. The lowest BCUT2D eigenvalue weighted by molar-refractivity contribution is -0.118. The molecule has 1 aliphatic heterocycles. The van der Waals surface area contributed by atoms with Crippen LogP contribution in [0.5, 0.6) is 0 Å². The molecule has 0 aromatic heterocycles. The number of nitrogens with zero attached hydrogens (tertiary/aromatic N) is 1. The van der Waals surface area contributed by atoms with E-state index in [1.807, 2.05) is 49.4 Å². The van der Waals surface area contributed by atoms with Crippen LogP contribution in [0.2, 0.25) is 0 Å². The number of carbonyl (C=O) groups excluding carboxylic acids is 2. The van der Waals surface area contributed by atoms with Crippen LogP contribution in [0.4, 0.5) is 10.5 Å². The number of carbonyl (C=O) groups is 2. The number of amides is 2. The number of anilines is 1. The van der Waals surface area contributed by atoms with Crippen molar-refractivity contribution in [2.75, 3.05) is 11.5 Å². The lowest BCUT2D eigenvalue weighted by Gasteiger charge is -2.15. The summed E-state index contributed by atoms with van der Waals surface area (Å²) < 4.78 is 5.02. The van der Waals surface area contributed by atoms with Gasteiger partial charge in [-0.25, -0.2) is 9.69 Å². The van der Waals surface area contributed by atoms with E-state index < -0.39 is 12.0 Å². The second-order valence-electron chi connectivity index (χ2n) is 5.28. The van der Waals surface area contributed by atoms with Crippen molar-refractivity contribution in [2.24, 2.45) is 0 Å². The number of rotatable bonds is 2. The molecule has 0 radical (unpaired) electrons. The lowest BCUT2D eigenvalue weighted by atomic mass is 9.92. The van der Waals surface area contributed by atoms with Gasteiger partial charge in [-0.3, -0.25) is 4.79 Å². The Morgan fingerprint density at radius 3 is 2.50 bits per heavy atom. The number of hydrogen-bond donors (Lipinski definition) is 0. The zero-order valence-corrected chi connectivity index (χ0v) is 12.6. The minimum atomic E-state index is -0.616. The zero-order chi connectivity index (χ0) is 15.7. The first kappa shape index (κ1) is 14.3. The second kappa shape index (κ2) is 5.64. The smallest absolute Gasteiger partial charge is 0.421 e. The van der Waals surface area contributed by atoms with Crippen LogP contribution in [-0.4, -0.2) is 18.6 Å². The van der Waals surface area contributed by atoms with Crippen molar-refractivity contribution in [2.45, 2.75) is 19.8 Å². The number of hydrogen-bond acceptors (Lipinski definition) is 3. The highest BCUT2D eigenvalue weighted by molar-refractivity contribution is 6.20. The minimum absolute atomic E-state index is 0.236. The molecular weight excluding hydrogens is 278 g/mol. The van der Waals surface area contributed by atoms with Gasteiger partial charge in [0.05, 0.1) is 18.2 Å². The summed E-state index contributed by atoms with van der Waals surface area (Å²) in [5.41, 5.74) is 3.46. The van der Waals surface area contributed by atoms with E-state index in [1.165, 1.54) is 0 Å². The SMILES string of the molecule is CCOC(=O)N1C(=O)C(c2ccc(C)cc2)c2ccccc21. The number of ether oxygens (including phenoxy) is 1. The molecule has 0 spiro atoms. The summed E-state index contributed by atoms with van der Waals surface area (Å²) in [5, 5.41) is 0. The van der Waals surface area contributed by atoms with Crippen molar-refractivity contribution >= 4 is 17.7 Å². The first-order valence-electron chi connectivity index (χ1n) is 7.29. The summed E-state index contributed by atoms with van der Waals surface area (Å²) in [7, 11) is 0. The highest BCUT2D eigenvalue weighted by atomic mass is 16.6. The monoisotopic (exact) mass is 295 g/mol. The predicted octanol–water partition coefficient (Wildman–Crippen LogP) is 3.63. The molecule has 0 saturated carbocycles. The molecule has 0 saturated heterocycles. The normalized spacial score (nSPS) is 16.5. The molecule has 2 aromatic carbocycles. The van der Waals surface area contributed by atoms with Crippen molar-refractivity contribution < 1.29 is 14.3 Å². The molecule has 2 aromatic rings. The van der Waals surface area contributed by atoms with E-state index in [2.05, 4.69) is 0 Å². The Bertz CT molecular complexity index is 721. The average Bonchev–Trinajstić information content (AvgIpc) is 2.80. The standard InChI is InChI=1S/C18H17NO3/c1-3-22-18(21)19-15-7-5-4-6-14(15)16(17(19)20)13-10-8-12(2)9-11-13/h4-11,16H,3H2,1-2H3. The van der Waals surface area contributed by atoms with Gasteiger partial charge in [-0.05, 0) is 31.0 Å². The number of benzene rings is 2. The maximum atomic E-state index is 12.8. The molecule has 1 aliphatic rings. The lowest BCUT2D eigenvalue weighted by Crippen LogP contribution is -2.35. The van der Waals surface area contributed by atoms with Crippen LogP contribution in [0.3, 0.4) is 0 Å². The van der Waals surface area contributed by atoms with Crippen LogP contribution < -0.4 is 4.90 Å². The summed E-state index contributed by atoms with van der Waals surface area (Å²) in [6.07, 6.45) is -0.616. The number of para-hydroxylation sites is 1. The summed E-state index contributed by atoms with van der Waals surface area (Å²) >= 11 is 0. The first-order valence-corrected chi connectivity index (χ1v) is 7.29. The van der Waals surface area contributed by atoms with Crippen molar-refractivity contribution in [3.63, 3.8) is 0 Å². The molecule has 22 heavy (non-hydrogen) atoms. The van der Waals surface area contributed by atoms with E-state index in [1.54, 1.807) is 13.0 Å². The Hall–Kier alpha value is -2.62. The Kier molecular flexibility index (Phi) is 3.67. The third kappa shape index (κ3) is 2.26. The van der Waals surface area contributed by atoms with Gasteiger partial charge in [0.25, 0.3) is 0 Å². The molecule has 2 amide bonds. The largest absolute Gasteiger partial charge is 0.449 e. The molecule has 1 atom stereocenters. The topological polar surface area (TPSA) is 46.6 Å². The van der Waals surface area contributed by atoms with Gasteiger partial charge in [-0.2, -0.15) is 0 Å². The predicted molar refractivity (Wildman–Crippen MR) is 84.0 cm³/mol. The third-order valence-electron chi connectivity index (χ3n) is 3.82. The number of fused-ring (bicyclic) bond motifs is 1. The Balaban J connectivity index is 2.07. The van der Waals surface area contributed by atoms with E-state index in [0.29, 0.717) is 5.69 Å². The highest BCUT2D eigenvalue weighted by Gasteiger charge is 2.42. The fourth-order valence-corrected chi connectivity index (χ4v) is 2.77. The van der Waals surface area contributed by atoms with E-state index in [4.69, 9.17) is 4.74 Å². The molecular formula is C18H17NO3. The van der Waals surface area contributed by atoms with Gasteiger partial charge in [0.15, 0.2) is 0 Å². The minimum Gasteiger partial charge on any atom is -0.449 e. The van der Waals surface area contributed by atoms with Crippen molar-refractivity contribution in [1.82, 2.24) is 0 Å². The third-order valence-corrected chi connectivity index (χ3v) is 3.82. The Morgan fingerprint density at radius 1 is 1.14 bits per heavy atom. The number of aryl methyl sites for hydroxylation is 1. The quantitative estimate of drug-likeness (QED) is 0.850. The summed E-state index contributed by atoms with van der Waals surface area (Å²) in [6.45, 7) is 3.96. The maximum Gasteiger partial charge on any atom is 0.421 e. The van der Waals surface area contributed by atoms with Crippen molar-refractivity contribution in [3.05, 3.63) is 65.2 Å². The first-order chi connectivity index (χ1) is 10.6. The number of imide groups is 1. The molecule has 4 heteroatoms. The summed E-state index contributed by atoms with van der Waals surface area (Å²) in [4.78, 5) is 26.1. The van der Waals surface area contributed by atoms with E-state index in [-0.39, 0.29) is 12.5 Å². The molecule has 1 unspecified atom stereocenters. The molecule has 1 heterocycles. The summed E-state index contributed by atoms with van der Waals surface area (Å²) in [5.74, 6) is -0.718. The Morgan fingerprint density at radius 2 is 1.82 bits per heavy atom. The van der Waals surface area contributed by atoms with Crippen LogP contribution in [0, 0.1) is 6.92 Å². The molecule has 3 rings (SSSR count). The maximum absolute atomic E-state index is 12.8. The van der Waals surface area contributed by atoms with Crippen molar-refractivity contribution in [1.29, 1.82) is 0 Å². The second-order valence-corrected chi connectivity index (χ2v) is 5.28. The van der Waals surface area contributed by atoms with Crippen LogP contribution >= 0.6 is 0 Å². The average molecular weight is 295 g/mol. The highest BCUT2D eigenvalue weighted by Crippen LogP contribution is 2.41. The van der Waals surface area contributed by atoms with Crippen LogP contribution in [0.15, 0.2) is 48.5 Å². The Labute approximate surface area is 129 Å². The molecule has 0 aliphatic carbocycles. The fraction of sp³-hybridized carbons (Fsp3) is 0.222. The van der Waals surface area contributed by atoms with E-state index in [0.717, 1.165) is 21.6 Å². The van der Waals surface area contributed by atoms with E-state index in [9.17, 15) is 9.59 Å². The molecule has 0 fully saturated rings. The van der Waals surface area contributed by atoms with Gasteiger partial charge in [-0.1, -0.05) is 48.0 Å². The van der Waals surface area contributed by atoms with Gasteiger partial charge < -0.3 is 4.74 Å². The van der Waals surface area contributed by atoms with Gasteiger partial charge in [0.1, 0.15) is 0 Å². The van der Waals surface area contributed by atoms with Crippen LogP contribution in [0.25, 0.3) is 0 Å². The van der Waals surface area contributed by atoms with Crippen LogP contribution in [0.1, 0.15) is 29.5 Å². The van der Waals surface area contributed by atoms with Gasteiger partial charge >= 0.3 is 6.09 Å². The fourth-order valence-electron chi connectivity index (χ4n) is 2.77. The molecule has 0 bridgehead atoms.